The molecule has 6 nitrogen and oxygen atoms in total. The predicted octanol–water partition coefficient (Wildman–Crippen LogP) is 5.85. The molecule has 0 aliphatic heterocycles. The second-order valence-electron chi connectivity index (χ2n) is 7.69. The number of benzene rings is 4. The van der Waals surface area contributed by atoms with Crippen molar-refractivity contribution >= 4 is 27.6 Å². The third-order valence-electron chi connectivity index (χ3n) is 5.43. The number of hydrogen-bond donors (Lipinski definition) is 0. The molecule has 0 amide bonds. The average molecular weight is 487 g/mol. The van der Waals surface area contributed by atoms with Gasteiger partial charge in [-0.05, 0) is 54.1 Å². The van der Waals surface area contributed by atoms with Crippen LogP contribution in [0, 0.1) is 0 Å². The molecule has 0 radical (unpaired) electrons. The van der Waals surface area contributed by atoms with Crippen molar-refractivity contribution < 1.29 is 17.9 Å². The minimum Gasteiger partial charge on any atom is -0.497 e. The molecule has 0 atom stereocenters. The van der Waals surface area contributed by atoms with E-state index in [0.717, 1.165) is 11.1 Å². The Kier molecular flexibility index (Phi) is 7.48. The first-order valence-corrected chi connectivity index (χ1v) is 12.4. The van der Waals surface area contributed by atoms with Gasteiger partial charge in [0.2, 0.25) is 0 Å². The van der Waals surface area contributed by atoms with Crippen LogP contribution in [0.4, 0.5) is 11.4 Å². The van der Waals surface area contributed by atoms with Gasteiger partial charge in [-0.2, -0.15) is 0 Å². The summed E-state index contributed by atoms with van der Waals surface area (Å²) >= 11 is 0. The molecule has 0 heterocycles. The van der Waals surface area contributed by atoms with Gasteiger partial charge in [-0.15, -0.1) is 0 Å². The zero-order valence-corrected chi connectivity index (χ0v) is 20.4. The Morgan fingerprint density at radius 1 is 0.800 bits per heavy atom. The summed E-state index contributed by atoms with van der Waals surface area (Å²) in [5.41, 5.74) is 2.93. The summed E-state index contributed by atoms with van der Waals surface area (Å²) in [5, 5.41) is 0. The normalized spacial score (nSPS) is 11.4. The van der Waals surface area contributed by atoms with Crippen LogP contribution in [0.15, 0.2) is 113 Å². The molecule has 4 aromatic carbocycles. The minimum absolute atomic E-state index is 0.212. The van der Waals surface area contributed by atoms with E-state index in [4.69, 9.17) is 9.47 Å². The van der Waals surface area contributed by atoms with Crippen LogP contribution < -0.4 is 13.8 Å². The highest BCUT2D eigenvalue weighted by molar-refractivity contribution is 7.92. The zero-order chi connectivity index (χ0) is 24.7. The Labute approximate surface area is 206 Å². The molecule has 0 N–H and O–H groups in total. The van der Waals surface area contributed by atoms with Gasteiger partial charge in [0.25, 0.3) is 10.0 Å². The van der Waals surface area contributed by atoms with Gasteiger partial charge in [0.05, 0.1) is 37.0 Å². The Bertz CT molecular complexity index is 1390. The van der Waals surface area contributed by atoms with Gasteiger partial charge in [0, 0.05) is 17.8 Å². The van der Waals surface area contributed by atoms with Crippen LogP contribution in [0.25, 0.3) is 0 Å². The molecular formula is C28H26N2O4S. The third kappa shape index (κ3) is 5.70. The average Bonchev–Trinajstić information content (AvgIpc) is 2.92. The molecule has 35 heavy (non-hydrogen) atoms. The van der Waals surface area contributed by atoms with Crippen molar-refractivity contribution in [2.75, 3.05) is 18.5 Å². The van der Waals surface area contributed by atoms with Gasteiger partial charge in [0.15, 0.2) is 0 Å². The van der Waals surface area contributed by atoms with E-state index in [1.54, 1.807) is 81.1 Å². The molecule has 0 saturated heterocycles. The van der Waals surface area contributed by atoms with Crippen molar-refractivity contribution in [2.24, 2.45) is 4.99 Å². The molecule has 0 aliphatic rings. The lowest BCUT2D eigenvalue weighted by Gasteiger charge is -2.25. The smallest absolute Gasteiger partial charge is 0.264 e. The molecule has 0 aliphatic carbocycles. The summed E-state index contributed by atoms with van der Waals surface area (Å²) in [5.74, 6) is 1.34. The first-order chi connectivity index (χ1) is 17.0. The van der Waals surface area contributed by atoms with Gasteiger partial charge in [-0.1, -0.05) is 48.5 Å². The van der Waals surface area contributed by atoms with Crippen molar-refractivity contribution in [2.45, 2.75) is 11.4 Å². The van der Waals surface area contributed by atoms with E-state index in [-0.39, 0.29) is 11.4 Å². The van der Waals surface area contributed by atoms with Crippen molar-refractivity contribution in [3.63, 3.8) is 0 Å². The molecule has 0 aromatic heterocycles. The molecule has 0 spiro atoms. The Morgan fingerprint density at radius 2 is 1.46 bits per heavy atom. The summed E-state index contributed by atoms with van der Waals surface area (Å²) in [4.78, 5) is 4.77. The Hall–Kier alpha value is -4.10. The molecule has 0 bridgehead atoms. The number of aliphatic imine (C=N–C) groups is 1. The predicted molar refractivity (Wildman–Crippen MR) is 139 cm³/mol. The highest BCUT2D eigenvalue weighted by atomic mass is 32.2. The summed E-state index contributed by atoms with van der Waals surface area (Å²) < 4.78 is 39.1. The number of rotatable bonds is 9. The van der Waals surface area contributed by atoms with E-state index in [0.29, 0.717) is 22.9 Å². The SMILES string of the molecule is COc1ccc(C=Nc2ccc(N(Cc3ccccc3)S(=O)(=O)c3ccccc3)cc2)c(OC)c1. The molecule has 4 aromatic rings. The number of hydrogen-bond acceptors (Lipinski definition) is 5. The van der Waals surface area contributed by atoms with E-state index < -0.39 is 10.0 Å². The summed E-state index contributed by atoms with van der Waals surface area (Å²) in [6.45, 7) is 0.212. The van der Waals surface area contributed by atoms with Crippen LogP contribution >= 0.6 is 0 Å². The maximum Gasteiger partial charge on any atom is 0.264 e. The van der Waals surface area contributed by atoms with E-state index in [2.05, 4.69) is 4.99 Å². The number of nitrogens with zero attached hydrogens (tertiary/aromatic N) is 2. The van der Waals surface area contributed by atoms with E-state index in [9.17, 15) is 8.42 Å². The van der Waals surface area contributed by atoms with E-state index in [1.807, 2.05) is 42.5 Å². The Balaban J connectivity index is 1.64. The summed E-state index contributed by atoms with van der Waals surface area (Å²) in [7, 11) is -0.577. The van der Waals surface area contributed by atoms with Crippen molar-refractivity contribution in [1.82, 2.24) is 0 Å². The summed E-state index contributed by atoms with van der Waals surface area (Å²) in [6, 6.07) is 30.6. The lowest BCUT2D eigenvalue weighted by molar-refractivity contribution is 0.394. The maximum atomic E-state index is 13.5. The van der Waals surface area contributed by atoms with Gasteiger partial charge in [0.1, 0.15) is 11.5 Å². The summed E-state index contributed by atoms with van der Waals surface area (Å²) in [6.07, 6.45) is 1.70. The molecule has 0 fully saturated rings. The zero-order valence-electron chi connectivity index (χ0n) is 19.5. The second-order valence-corrected chi connectivity index (χ2v) is 9.56. The molecule has 0 saturated carbocycles. The molecule has 0 unspecified atom stereocenters. The van der Waals surface area contributed by atoms with Crippen molar-refractivity contribution in [1.29, 1.82) is 0 Å². The third-order valence-corrected chi connectivity index (χ3v) is 7.22. The van der Waals surface area contributed by atoms with Crippen LogP contribution in [0.3, 0.4) is 0 Å². The van der Waals surface area contributed by atoms with Crippen LogP contribution in [-0.4, -0.2) is 28.9 Å². The quantitative estimate of drug-likeness (QED) is 0.278. The largest absolute Gasteiger partial charge is 0.497 e. The highest BCUT2D eigenvalue weighted by Gasteiger charge is 2.25. The fourth-order valence-corrected chi connectivity index (χ4v) is 5.03. The fourth-order valence-electron chi connectivity index (χ4n) is 3.56. The number of anilines is 1. The molecular weight excluding hydrogens is 460 g/mol. The molecule has 4 rings (SSSR count). The molecule has 7 heteroatoms. The van der Waals surface area contributed by atoms with Gasteiger partial charge < -0.3 is 9.47 Å². The van der Waals surface area contributed by atoms with Crippen LogP contribution in [0.1, 0.15) is 11.1 Å². The van der Waals surface area contributed by atoms with Crippen LogP contribution in [0.2, 0.25) is 0 Å². The van der Waals surface area contributed by atoms with Crippen LogP contribution in [-0.2, 0) is 16.6 Å². The first kappa shape index (κ1) is 24.0. The second kappa shape index (κ2) is 10.9. The lowest BCUT2D eigenvalue weighted by Crippen LogP contribution is -2.30. The van der Waals surface area contributed by atoms with E-state index in [1.165, 1.54) is 4.31 Å². The first-order valence-electron chi connectivity index (χ1n) is 11.0. The van der Waals surface area contributed by atoms with Crippen LogP contribution in [0.5, 0.6) is 11.5 Å². The standard InChI is InChI=1S/C28H26N2O4S/c1-33-26-18-13-23(28(19-26)34-2)20-29-24-14-16-25(17-15-24)30(21-22-9-5-3-6-10-22)35(31,32)27-11-7-4-8-12-27/h3-20H,21H2,1-2H3. The van der Waals surface area contributed by atoms with Crippen molar-refractivity contribution in [3.05, 3.63) is 114 Å². The topological polar surface area (TPSA) is 68.2 Å². The minimum atomic E-state index is -3.77. The van der Waals surface area contributed by atoms with Gasteiger partial charge >= 0.3 is 0 Å². The number of methoxy groups -OCH3 is 2. The van der Waals surface area contributed by atoms with E-state index >= 15 is 0 Å². The Morgan fingerprint density at radius 3 is 2.09 bits per heavy atom. The van der Waals surface area contributed by atoms with Gasteiger partial charge in [-0.3, -0.25) is 9.30 Å². The lowest BCUT2D eigenvalue weighted by atomic mass is 10.2. The van der Waals surface area contributed by atoms with Crippen molar-refractivity contribution in [3.8, 4) is 11.5 Å². The number of sulfonamides is 1. The number of ether oxygens (including phenoxy) is 2. The molecule has 178 valence electrons. The monoisotopic (exact) mass is 486 g/mol. The highest BCUT2D eigenvalue weighted by Crippen LogP contribution is 2.28. The van der Waals surface area contributed by atoms with Gasteiger partial charge in [-0.25, -0.2) is 8.42 Å². The maximum absolute atomic E-state index is 13.5. The fraction of sp³-hybridized carbons (Fsp3) is 0.107.